The Kier molecular flexibility index (Phi) is 3.98. The van der Waals surface area contributed by atoms with Crippen LogP contribution in [0.3, 0.4) is 0 Å². The Morgan fingerprint density at radius 2 is 1.50 bits per heavy atom. The summed E-state index contributed by atoms with van der Waals surface area (Å²) in [6, 6.07) is 0.0600. The van der Waals surface area contributed by atoms with Crippen molar-refractivity contribution in [1.29, 1.82) is 0 Å². The Morgan fingerprint density at radius 3 is 1.79 bits per heavy atom. The number of carbonyl (C=O) groups is 1. The molecule has 14 heavy (non-hydrogen) atoms. The van der Waals surface area contributed by atoms with E-state index in [9.17, 15) is 4.79 Å². The van der Waals surface area contributed by atoms with Crippen LogP contribution in [0.5, 0.6) is 0 Å². The molecule has 0 spiro atoms. The van der Waals surface area contributed by atoms with Crippen molar-refractivity contribution in [1.82, 2.24) is 10.6 Å². The first-order valence-corrected chi connectivity index (χ1v) is 5.11. The van der Waals surface area contributed by atoms with Gasteiger partial charge in [0, 0.05) is 11.6 Å². The minimum atomic E-state index is -0.179. The second-order valence-electron chi connectivity index (χ2n) is 5.94. The van der Waals surface area contributed by atoms with Gasteiger partial charge in [0.05, 0.1) is 0 Å². The lowest BCUT2D eigenvalue weighted by molar-refractivity contribution is 0.214. The molecular weight excluding hydrogens is 176 g/mol. The Morgan fingerprint density at radius 1 is 1.07 bits per heavy atom. The van der Waals surface area contributed by atoms with E-state index in [-0.39, 0.29) is 23.0 Å². The highest BCUT2D eigenvalue weighted by Gasteiger charge is 2.23. The highest BCUT2D eigenvalue weighted by Crippen LogP contribution is 2.18. The van der Waals surface area contributed by atoms with Crippen molar-refractivity contribution in [3.8, 4) is 0 Å². The largest absolute Gasteiger partial charge is 0.335 e. The molecular formula is C11H24N2O. The molecule has 0 aromatic carbocycles. The Labute approximate surface area is 87.6 Å². The maximum absolute atomic E-state index is 11.5. The van der Waals surface area contributed by atoms with E-state index in [4.69, 9.17) is 0 Å². The Bertz CT molecular complexity index is 198. The molecule has 0 bridgehead atoms. The summed E-state index contributed by atoms with van der Waals surface area (Å²) < 4.78 is 0. The molecule has 0 saturated heterocycles. The molecule has 0 radical (unpaired) electrons. The number of nitrogens with one attached hydrogen (secondary N) is 2. The summed E-state index contributed by atoms with van der Waals surface area (Å²) in [5.74, 6) is 0. The fourth-order valence-electron chi connectivity index (χ4n) is 0.790. The van der Waals surface area contributed by atoms with Gasteiger partial charge >= 0.3 is 6.03 Å². The van der Waals surface area contributed by atoms with Crippen molar-refractivity contribution in [2.75, 3.05) is 0 Å². The SMILES string of the molecule is CC(NC(=O)NC(C)(C)C)C(C)(C)C. The minimum absolute atomic E-state index is 0.0925. The van der Waals surface area contributed by atoms with E-state index in [0.29, 0.717) is 0 Å². The van der Waals surface area contributed by atoms with Crippen LogP contribution in [0.25, 0.3) is 0 Å². The van der Waals surface area contributed by atoms with Gasteiger partial charge in [0.1, 0.15) is 0 Å². The standard InChI is InChI=1S/C11H24N2O/c1-8(10(2,3)4)12-9(14)13-11(5,6)7/h8H,1-7H3,(H2,12,13,14). The van der Waals surface area contributed by atoms with Crippen LogP contribution in [0.2, 0.25) is 0 Å². The second-order valence-corrected chi connectivity index (χ2v) is 5.94. The fraction of sp³-hybridized carbons (Fsp3) is 0.909. The quantitative estimate of drug-likeness (QED) is 0.671. The van der Waals surface area contributed by atoms with Gasteiger partial charge in [0.2, 0.25) is 0 Å². The highest BCUT2D eigenvalue weighted by molar-refractivity contribution is 5.75. The van der Waals surface area contributed by atoms with Gasteiger partial charge in [-0.3, -0.25) is 0 Å². The van der Waals surface area contributed by atoms with Crippen LogP contribution in [0.1, 0.15) is 48.5 Å². The predicted octanol–water partition coefficient (Wildman–Crippen LogP) is 2.52. The number of hydrogen-bond acceptors (Lipinski definition) is 1. The molecule has 0 fully saturated rings. The highest BCUT2D eigenvalue weighted by atomic mass is 16.2. The third-order valence-corrected chi connectivity index (χ3v) is 2.14. The molecule has 2 amide bonds. The van der Waals surface area contributed by atoms with Crippen LogP contribution in [0, 0.1) is 5.41 Å². The molecule has 0 aliphatic rings. The second kappa shape index (κ2) is 4.20. The van der Waals surface area contributed by atoms with Crippen molar-refractivity contribution in [2.24, 2.45) is 5.41 Å². The first kappa shape index (κ1) is 13.3. The molecule has 3 nitrogen and oxygen atoms in total. The summed E-state index contributed by atoms with van der Waals surface area (Å²) in [6.07, 6.45) is 0. The summed E-state index contributed by atoms with van der Waals surface area (Å²) in [6.45, 7) is 14.2. The zero-order valence-corrected chi connectivity index (χ0v) is 10.5. The van der Waals surface area contributed by atoms with Crippen LogP contribution in [-0.4, -0.2) is 17.6 Å². The number of urea groups is 1. The van der Waals surface area contributed by atoms with Gasteiger partial charge < -0.3 is 10.6 Å². The lowest BCUT2D eigenvalue weighted by Crippen LogP contribution is -2.51. The maximum atomic E-state index is 11.5. The van der Waals surface area contributed by atoms with Gasteiger partial charge in [-0.15, -0.1) is 0 Å². The van der Waals surface area contributed by atoms with E-state index in [1.54, 1.807) is 0 Å². The molecule has 0 aromatic rings. The third kappa shape index (κ3) is 5.84. The minimum Gasteiger partial charge on any atom is -0.335 e. The van der Waals surface area contributed by atoms with Gasteiger partial charge in [-0.2, -0.15) is 0 Å². The third-order valence-electron chi connectivity index (χ3n) is 2.14. The van der Waals surface area contributed by atoms with Crippen LogP contribution in [0.4, 0.5) is 4.79 Å². The van der Waals surface area contributed by atoms with Gasteiger partial charge in [-0.1, -0.05) is 20.8 Å². The van der Waals surface area contributed by atoms with Crippen molar-refractivity contribution in [3.05, 3.63) is 0 Å². The predicted molar refractivity (Wildman–Crippen MR) is 60.3 cm³/mol. The van der Waals surface area contributed by atoms with E-state index in [1.807, 2.05) is 27.7 Å². The Hall–Kier alpha value is -0.730. The van der Waals surface area contributed by atoms with Crippen molar-refractivity contribution in [3.63, 3.8) is 0 Å². The molecule has 1 unspecified atom stereocenters. The number of carbonyl (C=O) groups excluding carboxylic acids is 1. The first-order chi connectivity index (χ1) is 6.02. The summed E-state index contributed by atoms with van der Waals surface area (Å²) in [5.41, 5.74) is -0.0864. The van der Waals surface area contributed by atoms with Crippen molar-refractivity contribution in [2.45, 2.75) is 60.0 Å². The van der Waals surface area contributed by atoms with E-state index in [2.05, 4.69) is 31.4 Å². The van der Waals surface area contributed by atoms with Gasteiger partial charge in [-0.25, -0.2) is 4.79 Å². The summed E-state index contributed by atoms with van der Waals surface area (Å²) in [5, 5.41) is 5.80. The average molecular weight is 200 g/mol. The topological polar surface area (TPSA) is 41.1 Å². The molecule has 0 rings (SSSR count). The summed E-state index contributed by atoms with van der Waals surface area (Å²) in [7, 11) is 0. The molecule has 2 N–H and O–H groups in total. The van der Waals surface area contributed by atoms with E-state index < -0.39 is 0 Å². The first-order valence-electron chi connectivity index (χ1n) is 5.11. The number of amides is 2. The molecule has 3 heteroatoms. The van der Waals surface area contributed by atoms with Crippen LogP contribution >= 0.6 is 0 Å². The molecule has 0 heterocycles. The molecule has 84 valence electrons. The van der Waals surface area contributed by atoms with Crippen LogP contribution < -0.4 is 10.6 Å². The van der Waals surface area contributed by atoms with Gasteiger partial charge in [0.15, 0.2) is 0 Å². The Balaban J connectivity index is 4.09. The van der Waals surface area contributed by atoms with Crippen LogP contribution in [-0.2, 0) is 0 Å². The molecule has 0 aliphatic heterocycles. The zero-order valence-electron chi connectivity index (χ0n) is 10.5. The average Bonchev–Trinajstić information content (AvgIpc) is 1.79. The smallest absolute Gasteiger partial charge is 0.315 e. The molecule has 0 saturated carbocycles. The molecule has 1 atom stereocenters. The summed E-state index contributed by atoms with van der Waals surface area (Å²) in [4.78, 5) is 11.5. The normalized spacial score (nSPS) is 14.8. The molecule has 0 aliphatic carbocycles. The van der Waals surface area contributed by atoms with Gasteiger partial charge in [-0.05, 0) is 33.1 Å². The molecule has 0 aromatic heterocycles. The van der Waals surface area contributed by atoms with Crippen LogP contribution in [0.15, 0.2) is 0 Å². The number of hydrogen-bond donors (Lipinski definition) is 2. The summed E-state index contributed by atoms with van der Waals surface area (Å²) >= 11 is 0. The fourth-order valence-corrected chi connectivity index (χ4v) is 0.790. The van der Waals surface area contributed by atoms with Gasteiger partial charge in [0.25, 0.3) is 0 Å². The van der Waals surface area contributed by atoms with Crippen molar-refractivity contribution < 1.29 is 4.79 Å². The zero-order chi connectivity index (χ0) is 11.6. The number of rotatable bonds is 1. The van der Waals surface area contributed by atoms with E-state index >= 15 is 0 Å². The lowest BCUT2D eigenvalue weighted by atomic mass is 9.88. The van der Waals surface area contributed by atoms with E-state index in [0.717, 1.165) is 0 Å². The van der Waals surface area contributed by atoms with E-state index in [1.165, 1.54) is 0 Å². The van der Waals surface area contributed by atoms with Crippen molar-refractivity contribution >= 4 is 6.03 Å². The monoisotopic (exact) mass is 200 g/mol. The lowest BCUT2D eigenvalue weighted by Gasteiger charge is -2.30. The maximum Gasteiger partial charge on any atom is 0.315 e.